The number of halogens is 4. The van der Waals surface area contributed by atoms with Crippen LogP contribution in [0, 0.1) is 23.3 Å². The molecule has 130 valence electrons. The standard InChI is InChI=1S/C14H17F4NO4/c1-14(2,3)23-13(22)19-5-8(20)12(21)9-10(17)6(15)4-7(16)11(9)18/h4,8,12,20-21H,5H2,1-3H3,(H,19,22). The number of aliphatic hydroxyl groups is 2. The van der Waals surface area contributed by atoms with Crippen LogP contribution in [0.15, 0.2) is 6.07 Å². The van der Waals surface area contributed by atoms with Crippen LogP contribution in [0.5, 0.6) is 0 Å². The van der Waals surface area contributed by atoms with Crippen molar-refractivity contribution in [3.05, 3.63) is 34.9 Å². The van der Waals surface area contributed by atoms with E-state index < -0.39 is 59.3 Å². The molecule has 5 nitrogen and oxygen atoms in total. The third-order valence-electron chi connectivity index (χ3n) is 2.66. The van der Waals surface area contributed by atoms with Gasteiger partial charge >= 0.3 is 6.09 Å². The van der Waals surface area contributed by atoms with Crippen molar-refractivity contribution in [2.75, 3.05) is 6.54 Å². The van der Waals surface area contributed by atoms with Gasteiger partial charge in [0.15, 0.2) is 23.3 Å². The number of rotatable bonds is 4. The number of hydrogen-bond donors (Lipinski definition) is 3. The minimum atomic E-state index is -2.30. The van der Waals surface area contributed by atoms with Crippen LogP contribution in [-0.4, -0.2) is 34.6 Å². The SMILES string of the molecule is CC(C)(C)OC(=O)NCC(O)C(O)c1c(F)c(F)cc(F)c1F. The fourth-order valence-corrected chi connectivity index (χ4v) is 1.66. The van der Waals surface area contributed by atoms with E-state index in [9.17, 15) is 32.6 Å². The van der Waals surface area contributed by atoms with Crippen molar-refractivity contribution in [1.29, 1.82) is 0 Å². The van der Waals surface area contributed by atoms with Crippen LogP contribution in [-0.2, 0) is 4.74 Å². The Labute approximate surface area is 129 Å². The number of hydrogen-bond acceptors (Lipinski definition) is 4. The Morgan fingerprint density at radius 3 is 2.09 bits per heavy atom. The molecule has 0 bridgehead atoms. The molecule has 1 aromatic rings. The number of ether oxygens (including phenoxy) is 1. The second-order valence-electron chi connectivity index (χ2n) is 5.78. The maximum Gasteiger partial charge on any atom is 0.407 e. The van der Waals surface area contributed by atoms with E-state index in [2.05, 4.69) is 5.32 Å². The Balaban J connectivity index is 2.82. The van der Waals surface area contributed by atoms with E-state index in [1.165, 1.54) is 0 Å². The van der Waals surface area contributed by atoms with Gasteiger partial charge in [0.2, 0.25) is 0 Å². The minimum Gasteiger partial charge on any atom is -0.444 e. The van der Waals surface area contributed by atoms with Gasteiger partial charge in [0.05, 0.1) is 5.56 Å². The lowest BCUT2D eigenvalue weighted by atomic mass is 10.0. The molecule has 1 amide bonds. The number of amides is 1. The van der Waals surface area contributed by atoms with Crippen LogP contribution in [0.4, 0.5) is 22.4 Å². The van der Waals surface area contributed by atoms with E-state index in [1.54, 1.807) is 20.8 Å². The Morgan fingerprint density at radius 2 is 1.65 bits per heavy atom. The molecule has 0 aliphatic carbocycles. The zero-order valence-corrected chi connectivity index (χ0v) is 12.7. The van der Waals surface area contributed by atoms with Gasteiger partial charge in [-0.1, -0.05) is 0 Å². The summed E-state index contributed by atoms with van der Waals surface area (Å²) in [4.78, 5) is 11.4. The molecule has 23 heavy (non-hydrogen) atoms. The highest BCUT2D eigenvalue weighted by molar-refractivity contribution is 5.67. The predicted molar refractivity (Wildman–Crippen MR) is 71.5 cm³/mol. The molecule has 0 saturated carbocycles. The molecule has 3 N–H and O–H groups in total. The van der Waals surface area contributed by atoms with E-state index in [-0.39, 0.29) is 6.07 Å². The fraction of sp³-hybridized carbons (Fsp3) is 0.500. The third kappa shape index (κ3) is 5.07. The zero-order chi connectivity index (χ0) is 17.9. The largest absolute Gasteiger partial charge is 0.444 e. The summed E-state index contributed by atoms with van der Waals surface area (Å²) in [6, 6.07) is -0.0216. The van der Waals surface area contributed by atoms with Crippen LogP contribution >= 0.6 is 0 Å². The second-order valence-corrected chi connectivity index (χ2v) is 5.78. The summed E-state index contributed by atoms with van der Waals surface area (Å²) in [5.74, 6) is -7.09. The number of carbonyl (C=O) groups excluding carboxylic acids is 1. The highest BCUT2D eigenvalue weighted by Crippen LogP contribution is 2.27. The maximum absolute atomic E-state index is 13.5. The zero-order valence-electron chi connectivity index (χ0n) is 12.7. The molecule has 0 aliphatic heterocycles. The molecule has 1 aromatic carbocycles. The molecule has 1 rings (SSSR count). The lowest BCUT2D eigenvalue weighted by molar-refractivity contribution is 0.00881. The number of nitrogens with one attached hydrogen (secondary N) is 1. The van der Waals surface area contributed by atoms with Crippen molar-refractivity contribution in [2.24, 2.45) is 0 Å². The molecule has 0 aromatic heterocycles. The molecular weight excluding hydrogens is 322 g/mol. The van der Waals surface area contributed by atoms with Crippen LogP contribution in [0.3, 0.4) is 0 Å². The summed E-state index contributed by atoms with van der Waals surface area (Å²) in [5, 5.41) is 21.4. The first-order chi connectivity index (χ1) is 10.4. The summed E-state index contributed by atoms with van der Waals surface area (Å²) in [6.07, 6.45) is -5.17. The molecule has 0 radical (unpaired) electrons. The van der Waals surface area contributed by atoms with Crippen LogP contribution in [0.1, 0.15) is 32.4 Å². The molecule has 2 unspecified atom stereocenters. The Morgan fingerprint density at radius 1 is 1.17 bits per heavy atom. The van der Waals surface area contributed by atoms with Gasteiger partial charge in [-0.2, -0.15) is 0 Å². The van der Waals surface area contributed by atoms with Crippen molar-refractivity contribution in [2.45, 2.75) is 38.6 Å². The quantitative estimate of drug-likeness (QED) is 0.580. The first kappa shape index (κ1) is 19.2. The minimum absolute atomic E-state index is 0.0216. The molecule has 9 heteroatoms. The Hall–Kier alpha value is -1.87. The molecule has 0 aliphatic rings. The summed E-state index contributed by atoms with van der Waals surface area (Å²) in [5.41, 5.74) is -2.18. The average Bonchev–Trinajstić information content (AvgIpc) is 2.40. The molecule has 0 saturated heterocycles. The molecular formula is C14H17F4NO4. The molecule has 0 fully saturated rings. The maximum atomic E-state index is 13.5. The van der Waals surface area contributed by atoms with Crippen molar-refractivity contribution in [1.82, 2.24) is 5.32 Å². The molecule has 2 atom stereocenters. The summed E-state index contributed by atoms with van der Waals surface area (Å²) in [6.45, 7) is 4.08. The van der Waals surface area contributed by atoms with Crippen LogP contribution in [0.2, 0.25) is 0 Å². The predicted octanol–water partition coefficient (Wildman–Crippen LogP) is 2.16. The summed E-state index contributed by atoms with van der Waals surface area (Å²) in [7, 11) is 0. The van der Waals surface area contributed by atoms with E-state index >= 15 is 0 Å². The number of alkyl carbamates (subject to hydrolysis) is 1. The van der Waals surface area contributed by atoms with Crippen LogP contribution in [0.25, 0.3) is 0 Å². The van der Waals surface area contributed by atoms with E-state index in [1.807, 2.05) is 0 Å². The van der Waals surface area contributed by atoms with Crippen molar-refractivity contribution >= 4 is 6.09 Å². The van der Waals surface area contributed by atoms with Gasteiger partial charge < -0.3 is 20.3 Å². The van der Waals surface area contributed by atoms with Gasteiger partial charge in [0.25, 0.3) is 0 Å². The van der Waals surface area contributed by atoms with Crippen molar-refractivity contribution in [3.8, 4) is 0 Å². The van der Waals surface area contributed by atoms with Gasteiger partial charge in [-0.25, -0.2) is 22.4 Å². The number of aliphatic hydroxyl groups excluding tert-OH is 2. The smallest absolute Gasteiger partial charge is 0.407 e. The van der Waals surface area contributed by atoms with Crippen LogP contribution < -0.4 is 5.32 Å². The van der Waals surface area contributed by atoms with Gasteiger partial charge in [0, 0.05) is 12.6 Å². The van der Waals surface area contributed by atoms with E-state index in [0.717, 1.165) is 0 Å². The first-order valence-corrected chi connectivity index (χ1v) is 6.60. The van der Waals surface area contributed by atoms with Gasteiger partial charge in [-0.15, -0.1) is 0 Å². The monoisotopic (exact) mass is 339 g/mol. The van der Waals surface area contributed by atoms with E-state index in [0.29, 0.717) is 0 Å². The highest BCUT2D eigenvalue weighted by Gasteiger charge is 2.30. The van der Waals surface area contributed by atoms with Gasteiger partial charge in [-0.3, -0.25) is 0 Å². The lowest BCUT2D eigenvalue weighted by Gasteiger charge is -2.22. The summed E-state index contributed by atoms with van der Waals surface area (Å²) < 4.78 is 58.0. The Bertz CT molecular complexity index is 563. The highest BCUT2D eigenvalue weighted by atomic mass is 19.2. The Kier molecular flexibility index (Phi) is 5.95. The fourth-order valence-electron chi connectivity index (χ4n) is 1.66. The first-order valence-electron chi connectivity index (χ1n) is 6.60. The topological polar surface area (TPSA) is 78.8 Å². The number of carbonyl (C=O) groups is 1. The third-order valence-corrected chi connectivity index (χ3v) is 2.66. The second kappa shape index (κ2) is 7.14. The van der Waals surface area contributed by atoms with Gasteiger partial charge in [-0.05, 0) is 20.8 Å². The lowest BCUT2D eigenvalue weighted by Crippen LogP contribution is -2.39. The number of benzene rings is 1. The summed E-state index contributed by atoms with van der Waals surface area (Å²) >= 11 is 0. The van der Waals surface area contributed by atoms with Crippen molar-refractivity contribution in [3.63, 3.8) is 0 Å². The van der Waals surface area contributed by atoms with Crippen molar-refractivity contribution < 1.29 is 37.3 Å². The normalized spacial score (nSPS) is 14.3. The molecule has 0 heterocycles. The average molecular weight is 339 g/mol. The molecule has 0 spiro atoms. The van der Waals surface area contributed by atoms with E-state index in [4.69, 9.17) is 4.74 Å². The van der Waals surface area contributed by atoms with Gasteiger partial charge in [0.1, 0.15) is 17.8 Å².